The van der Waals surface area contributed by atoms with Gasteiger partial charge in [0.25, 0.3) is 0 Å². The van der Waals surface area contributed by atoms with Crippen LogP contribution in [-0.2, 0) is 9.84 Å². The Hall–Kier alpha value is -2.74. The molecule has 0 fully saturated rings. The van der Waals surface area contributed by atoms with Gasteiger partial charge in [-0.25, -0.2) is 30.4 Å². The molecule has 8 heteroatoms. The smallest absolute Gasteiger partial charge is 0.212 e. The molecule has 0 N–H and O–H groups in total. The van der Waals surface area contributed by atoms with Gasteiger partial charge in [0.2, 0.25) is 9.84 Å². The van der Waals surface area contributed by atoms with E-state index >= 15 is 4.39 Å². The van der Waals surface area contributed by atoms with Gasteiger partial charge in [-0.2, -0.15) is 0 Å². The van der Waals surface area contributed by atoms with Gasteiger partial charge < -0.3 is 0 Å². The van der Waals surface area contributed by atoms with Gasteiger partial charge in [-0.1, -0.05) is 36.4 Å². The standard InChI is InChI=1S/C19H11F5O2S/c1-10-7-8-13(17(22)15(10)11-5-3-2-4-6-11)27(25,26)14-9-12(20)16(21)19(24)18(14)23/h2-9H,1H3. The van der Waals surface area contributed by atoms with Crippen LogP contribution >= 0.6 is 0 Å². The van der Waals surface area contributed by atoms with Crippen molar-refractivity contribution in [2.24, 2.45) is 0 Å². The molecule has 0 unspecified atom stereocenters. The molecule has 3 aromatic carbocycles. The van der Waals surface area contributed by atoms with Crippen molar-refractivity contribution in [1.29, 1.82) is 0 Å². The number of benzene rings is 3. The molecule has 0 aliphatic heterocycles. The van der Waals surface area contributed by atoms with E-state index in [2.05, 4.69) is 0 Å². The maximum Gasteiger partial charge on any atom is 0.212 e. The van der Waals surface area contributed by atoms with Crippen LogP contribution in [0, 0.1) is 36.0 Å². The summed E-state index contributed by atoms with van der Waals surface area (Å²) in [5.74, 6) is -9.66. The predicted octanol–water partition coefficient (Wildman–Crippen LogP) is 5.19. The van der Waals surface area contributed by atoms with E-state index in [0.717, 1.165) is 6.07 Å². The van der Waals surface area contributed by atoms with Crippen LogP contribution in [0.4, 0.5) is 22.0 Å². The summed E-state index contributed by atoms with van der Waals surface area (Å²) in [7, 11) is -5.01. The van der Waals surface area contributed by atoms with Gasteiger partial charge in [0.15, 0.2) is 23.3 Å². The third kappa shape index (κ3) is 3.10. The molecule has 2 nitrogen and oxygen atoms in total. The van der Waals surface area contributed by atoms with Gasteiger partial charge in [-0.3, -0.25) is 0 Å². The second-order valence-electron chi connectivity index (χ2n) is 5.74. The average Bonchev–Trinajstić information content (AvgIpc) is 2.63. The van der Waals surface area contributed by atoms with E-state index in [1.165, 1.54) is 6.07 Å². The van der Waals surface area contributed by atoms with Crippen LogP contribution in [-0.4, -0.2) is 8.42 Å². The predicted molar refractivity (Wildman–Crippen MR) is 88.3 cm³/mol. The summed E-state index contributed by atoms with van der Waals surface area (Å²) in [5, 5.41) is 0. The molecule has 140 valence electrons. The Kier molecular flexibility index (Phi) is 4.77. The molecule has 0 spiro atoms. The molecular formula is C19H11F5O2S. The van der Waals surface area contributed by atoms with Gasteiger partial charge in [0.05, 0.1) is 0 Å². The fourth-order valence-electron chi connectivity index (χ4n) is 2.69. The van der Waals surface area contributed by atoms with Crippen LogP contribution in [0.3, 0.4) is 0 Å². The zero-order valence-corrected chi connectivity index (χ0v) is 14.5. The molecule has 0 aliphatic carbocycles. The van der Waals surface area contributed by atoms with E-state index in [1.807, 2.05) is 0 Å². The minimum atomic E-state index is -5.01. The highest BCUT2D eigenvalue weighted by Gasteiger charge is 2.31. The monoisotopic (exact) mass is 398 g/mol. The molecule has 3 aromatic rings. The highest BCUT2D eigenvalue weighted by molar-refractivity contribution is 7.91. The van der Waals surface area contributed by atoms with Gasteiger partial charge in [-0.05, 0) is 30.2 Å². The first kappa shape index (κ1) is 19.0. The molecule has 0 bridgehead atoms. The van der Waals surface area contributed by atoms with Gasteiger partial charge >= 0.3 is 0 Å². The molecule has 0 radical (unpaired) electrons. The Morgan fingerprint density at radius 3 is 1.96 bits per heavy atom. The van der Waals surface area contributed by atoms with Crippen LogP contribution in [0.2, 0.25) is 0 Å². The lowest BCUT2D eigenvalue weighted by molar-refractivity contribution is 0.396. The number of aryl methyl sites for hydroxylation is 1. The van der Waals surface area contributed by atoms with E-state index in [0.29, 0.717) is 11.1 Å². The highest BCUT2D eigenvalue weighted by atomic mass is 32.2. The average molecular weight is 398 g/mol. The quantitative estimate of drug-likeness (QED) is 0.263. The summed E-state index contributed by atoms with van der Waals surface area (Å²) >= 11 is 0. The van der Waals surface area contributed by atoms with Crippen molar-refractivity contribution in [2.45, 2.75) is 16.7 Å². The number of sulfone groups is 1. The Morgan fingerprint density at radius 1 is 0.704 bits per heavy atom. The summed E-state index contributed by atoms with van der Waals surface area (Å²) in [4.78, 5) is -2.46. The third-order valence-corrected chi connectivity index (χ3v) is 5.80. The topological polar surface area (TPSA) is 34.1 Å². The Morgan fingerprint density at radius 2 is 1.33 bits per heavy atom. The lowest BCUT2D eigenvalue weighted by atomic mass is 10.0. The largest absolute Gasteiger partial charge is 0.218 e. The van der Waals surface area contributed by atoms with E-state index in [1.54, 1.807) is 37.3 Å². The van der Waals surface area contributed by atoms with Crippen molar-refractivity contribution in [2.75, 3.05) is 0 Å². The molecule has 0 heterocycles. The van der Waals surface area contributed by atoms with E-state index < -0.39 is 48.7 Å². The van der Waals surface area contributed by atoms with E-state index in [4.69, 9.17) is 0 Å². The first-order valence-electron chi connectivity index (χ1n) is 7.59. The molecule has 0 saturated heterocycles. The summed E-state index contributed by atoms with van der Waals surface area (Å²) < 4.78 is 94.3. The number of halogens is 5. The fraction of sp³-hybridized carbons (Fsp3) is 0.0526. The Labute approximate surface area is 151 Å². The lowest BCUT2D eigenvalue weighted by Gasteiger charge is -2.13. The maximum atomic E-state index is 15.0. The second kappa shape index (κ2) is 6.77. The van der Waals surface area contributed by atoms with Crippen LogP contribution in [0.1, 0.15) is 5.56 Å². The van der Waals surface area contributed by atoms with Crippen LogP contribution in [0.25, 0.3) is 11.1 Å². The van der Waals surface area contributed by atoms with Gasteiger partial charge in [0.1, 0.15) is 15.6 Å². The van der Waals surface area contributed by atoms with Crippen molar-refractivity contribution >= 4 is 9.84 Å². The normalized spacial score (nSPS) is 11.6. The van der Waals surface area contributed by atoms with E-state index in [-0.39, 0.29) is 11.6 Å². The molecule has 3 rings (SSSR count). The van der Waals surface area contributed by atoms with Crippen LogP contribution in [0.5, 0.6) is 0 Å². The summed E-state index contributed by atoms with van der Waals surface area (Å²) in [5.41, 5.74) is 0.705. The van der Waals surface area contributed by atoms with Crippen molar-refractivity contribution in [3.05, 3.63) is 83.2 Å². The highest BCUT2D eigenvalue weighted by Crippen LogP contribution is 2.34. The molecule has 0 aliphatic rings. The van der Waals surface area contributed by atoms with Crippen molar-refractivity contribution < 1.29 is 30.4 Å². The molecule has 0 atom stereocenters. The third-order valence-electron chi connectivity index (χ3n) is 4.03. The number of hydrogen-bond donors (Lipinski definition) is 0. The van der Waals surface area contributed by atoms with Crippen LogP contribution in [0.15, 0.2) is 58.3 Å². The summed E-state index contributed by atoms with van der Waals surface area (Å²) in [6.07, 6.45) is 0. The second-order valence-corrected chi connectivity index (χ2v) is 7.62. The summed E-state index contributed by atoms with van der Waals surface area (Å²) in [6, 6.07) is 10.1. The summed E-state index contributed by atoms with van der Waals surface area (Å²) in [6.45, 7) is 1.54. The van der Waals surface area contributed by atoms with Crippen molar-refractivity contribution in [3.8, 4) is 11.1 Å². The zero-order chi connectivity index (χ0) is 19.9. The molecule has 0 aromatic heterocycles. The van der Waals surface area contributed by atoms with Crippen molar-refractivity contribution in [1.82, 2.24) is 0 Å². The Bertz CT molecular complexity index is 1140. The van der Waals surface area contributed by atoms with E-state index in [9.17, 15) is 26.0 Å². The fourth-order valence-corrected chi connectivity index (χ4v) is 4.09. The maximum absolute atomic E-state index is 15.0. The zero-order valence-electron chi connectivity index (χ0n) is 13.7. The minimum absolute atomic E-state index is 0.00936. The molecule has 0 amide bonds. The number of rotatable bonds is 3. The molecular weight excluding hydrogens is 387 g/mol. The molecule has 0 saturated carbocycles. The Balaban J connectivity index is 2.29. The SMILES string of the molecule is Cc1ccc(S(=O)(=O)c2cc(F)c(F)c(F)c2F)c(F)c1-c1ccccc1. The van der Waals surface area contributed by atoms with Gasteiger partial charge in [-0.15, -0.1) is 0 Å². The van der Waals surface area contributed by atoms with Crippen LogP contribution < -0.4 is 0 Å². The minimum Gasteiger partial charge on any atom is -0.218 e. The first-order chi connectivity index (χ1) is 12.7. The van der Waals surface area contributed by atoms with Crippen molar-refractivity contribution in [3.63, 3.8) is 0 Å². The van der Waals surface area contributed by atoms with Gasteiger partial charge in [0, 0.05) is 5.56 Å². The first-order valence-corrected chi connectivity index (χ1v) is 9.07. The number of hydrogen-bond acceptors (Lipinski definition) is 2. The lowest BCUT2D eigenvalue weighted by Crippen LogP contribution is -2.11. The molecule has 27 heavy (non-hydrogen) atoms.